The summed E-state index contributed by atoms with van der Waals surface area (Å²) >= 11 is 0. The lowest BCUT2D eigenvalue weighted by atomic mass is 9.87. The molecule has 1 amide bonds. The Balaban J connectivity index is 1.56. The summed E-state index contributed by atoms with van der Waals surface area (Å²) in [6.45, 7) is 4.49. The minimum absolute atomic E-state index is 0.0197. The number of benzene rings is 3. The van der Waals surface area contributed by atoms with Gasteiger partial charge in [0.2, 0.25) is 5.91 Å². The Hall–Kier alpha value is -3.40. The predicted molar refractivity (Wildman–Crippen MR) is 136 cm³/mol. The number of piperidine rings is 1. The number of halogens is 1. The van der Waals surface area contributed by atoms with E-state index in [1.165, 1.54) is 40.6 Å². The lowest BCUT2D eigenvalue weighted by molar-refractivity contribution is -0.132. The molecule has 1 saturated heterocycles. The number of hydrogen-bond acceptors (Lipinski definition) is 1. The fraction of sp³-hybridized carbons (Fsp3) is 0.300. The van der Waals surface area contributed by atoms with Crippen molar-refractivity contribution in [1.82, 2.24) is 9.47 Å². The Labute approximate surface area is 200 Å². The number of nitrogens with zero attached hydrogens (tertiary/aromatic N) is 2. The molecular weight excluding hydrogens is 423 g/mol. The van der Waals surface area contributed by atoms with E-state index in [2.05, 4.69) is 60.2 Å². The number of fused-ring (bicyclic) bond motifs is 1. The summed E-state index contributed by atoms with van der Waals surface area (Å²) in [7, 11) is 0. The maximum Gasteiger partial charge on any atom is 0.223 e. The third-order valence-electron chi connectivity index (χ3n) is 6.99. The molecule has 1 fully saturated rings. The van der Waals surface area contributed by atoms with Crippen molar-refractivity contribution < 1.29 is 9.18 Å². The van der Waals surface area contributed by atoms with Crippen LogP contribution in [0.3, 0.4) is 0 Å². The van der Waals surface area contributed by atoms with Gasteiger partial charge in [-0.25, -0.2) is 4.39 Å². The Morgan fingerprint density at radius 3 is 2.47 bits per heavy atom. The second kappa shape index (κ2) is 9.84. The third-order valence-corrected chi connectivity index (χ3v) is 6.99. The molecule has 0 N–H and O–H groups in total. The minimum Gasteiger partial charge on any atom is -0.343 e. The molecule has 0 aliphatic carbocycles. The van der Waals surface area contributed by atoms with Crippen LogP contribution < -0.4 is 0 Å². The monoisotopic (exact) mass is 454 g/mol. The summed E-state index contributed by atoms with van der Waals surface area (Å²) in [6.07, 6.45) is 6.07. The van der Waals surface area contributed by atoms with E-state index < -0.39 is 0 Å². The van der Waals surface area contributed by atoms with Crippen molar-refractivity contribution in [3.05, 3.63) is 107 Å². The molecule has 0 saturated carbocycles. The summed E-state index contributed by atoms with van der Waals surface area (Å²) in [5.74, 6) is -0.00666. The molecule has 4 aromatic rings. The number of aromatic nitrogens is 1. The summed E-state index contributed by atoms with van der Waals surface area (Å²) < 4.78 is 15.7. The van der Waals surface area contributed by atoms with Gasteiger partial charge in [-0.1, -0.05) is 60.2 Å². The van der Waals surface area contributed by atoms with Crippen LogP contribution in [0.4, 0.5) is 4.39 Å². The third kappa shape index (κ3) is 4.77. The molecule has 0 bridgehead atoms. The average molecular weight is 455 g/mol. The first-order valence-electron chi connectivity index (χ1n) is 12.2. The zero-order chi connectivity index (χ0) is 23.5. The Kier molecular flexibility index (Phi) is 6.48. The molecule has 2 heterocycles. The number of rotatable bonds is 6. The van der Waals surface area contributed by atoms with Gasteiger partial charge in [0.25, 0.3) is 0 Å². The minimum atomic E-state index is -0.225. The van der Waals surface area contributed by atoms with Gasteiger partial charge in [0.15, 0.2) is 0 Å². The first kappa shape index (κ1) is 22.4. The van der Waals surface area contributed by atoms with Gasteiger partial charge in [-0.3, -0.25) is 4.79 Å². The predicted octanol–water partition coefficient (Wildman–Crippen LogP) is 6.67. The van der Waals surface area contributed by atoms with Crippen molar-refractivity contribution in [3.63, 3.8) is 0 Å². The summed E-state index contributed by atoms with van der Waals surface area (Å²) in [5.41, 5.74) is 5.72. The van der Waals surface area contributed by atoms with Crippen LogP contribution in [0.5, 0.6) is 0 Å². The molecule has 3 aromatic carbocycles. The molecule has 174 valence electrons. The van der Waals surface area contributed by atoms with Crippen molar-refractivity contribution in [3.8, 4) is 0 Å². The van der Waals surface area contributed by atoms with Crippen molar-refractivity contribution in [2.45, 2.75) is 45.1 Å². The number of carbonyl (C=O) groups is 1. The van der Waals surface area contributed by atoms with E-state index in [1.54, 1.807) is 0 Å². The van der Waals surface area contributed by atoms with Crippen LogP contribution in [0, 0.1) is 12.7 Å². The van der Waals surface area contributed by atoms with Crippen LogP contribution in [-0.2, 0) is 11.3 Å². The first-order chi connectivity index (χ1) is 16.6. The van der Waals surface area contributed by atoms with E-state index >= 15 is 0 Å². The largest absolute Gasteiger partial charge is 0.343 e. The normalized spacial score (nSPS) is 14.9. The number of para-hydroxylation sites is 1. The SMILES string of the molecule is Cc1cccc([C@H](CC(=O)N2CCCCC2)c2cn(Cc3ccc(F)cc3)c3ccccc23)c1. The molecule has 1 aliphatic heterocycles. The van der Waals surface area contributed by atoms with Gasteiger partial charge >= 0.3 is 0 Å². The van der Waals surface area contributed by atoms with Crippen LogP contribution in [0.2, 0.25) is 0 Å². The van der Waals surface area contributed by atoms with Gasteiger partial charge in [0, 0.05) is 49.1 Å². The van der Waals surface area contributed by atoms with E-state index in [1.807, 2.05) is 23.1 Å². The highest BCUT2D eigenvalue weighted by molar-refractivity contribution is 5.87. The van der Waals surface area contributed by atoms with Crippen LogP contribution in [0.25, 0.3) is 10.9 Å². The topological polar surface area (TPSA) is 25.2 Å². The van der Waals surface area contributed by atoms with Crippen LogP contribution >= 0.6 is 0 Å². The molecular formula is C30H31FN2O. The molecule has 1 aliphatic rings. The summed E-state index contributed by atoms with van der Waals surface area (Å²) in [5, 5.41) is 1.17. The fourth-order valence-corrected chi connectivity index (χ4v) is 5.21. The molecule has 0 spiro atoms. The molecule has 0 unspecified atom stereocenters. The van der Waals surface area contributed by atoms with E-state index in [0.717, 1.165) is 37.0 Å². The maximum atomic E-state index is 13.4. The molecule has 4 heteroatoms. The quantitative estimate of drug-likeness (QED) is 0.319. The molecule has 1 atom stereocenters. The van der Waals surface area contributed by atoms with E-state index in [9.17, 15) is 9.18 Å². The number of hydrogen-bond donors (Lipinski definition) is 0. The second-order valence-electron chi connectivity index (χ2n) is 9.47. The van der Waals surface area contributed by atoms with Gasteiger partial charge < -0.3 is 9.47 Å². The lowest BCUT2D eigenvalue weighted by Crippen LogP contribution is -2.36. The standard InChI is InChI=1S/C30H31FN2O/c1-22-8-7-9-24(18-22)27(19-30(34)32-16-5-2-6-17-32)28-21-33(29-11-4-3-10-26(28)29)20-23-12-14-25(31)15-13-23/h3-4,7-15,18,21,27H,2,5-6,16-17,19-20H2,1H3/t27-/m0/s1. The summed E-state index contributed by atoms with van der Waals surface area (Å²) in [4.78, 5) is 15.4. The van der Waals surface area contributed by atoms with E-state index in [0.29, 0.717) is 13.0 Å². The van der Waals surface area contributed by atoms with Crippen LogP contribution in [0.1, 0.15) is 53.9 Å². The van der Waals surface area contributed by atoms with E-state index in [-0.39, 0.29) is 17.6 Å². The lowest BCUT2D eigenvalue weighted by Gasteiger charge is -2.28. The fourth-order valence-electron chi connectivity index (χ4n) is 5.21. The van der Waals surface area contributed by atoms with Crippen LogP contribution in [-0.4, -0.2) is 28.5 Å². The first-order valence-corrected chi connectivity index (χ1v) is 12.2. The Morgan fingerprint density at radius 2 is 1.71 bits per heavy atom. The smallest absolute Gasteiger partial charge is 0.223 e. The van der Waals surface area contributed by atoms with Crippen LogP contribution in [0.15, 0.2) is 79.0 Å². The van der Waals surface area contributed by atoms with Gasteiger partial charge in [-0.15, -0.1) is 0 Å². The van der Waals surface area contributed by atoms with Crippen molar-refractivity contribution >= 4 is 16.8 Å². The Morgan fingerprint density at radius 1 is 0.941 bits per heavy atom. The molecule has 0 radical (unpaired) electrons. The number of likely N-dealkylation sites (tertiary alicyclic amines) is 1. The molecule has 34 heavy (non-hydrogen) atoms. The highest BCUT2D eigenvalue weighted by Crippen LogP contribution is 2.36. The number of amides is 1. The highest BCUT2D eigenvalue weighted by atomic mass is 19.1. The average Bonchev–Trinajstić information content (AvgIpc) is 3.22. The van der Waals surface area contributed by atoms with Gasteiger partial charge in [0.05, 0.1) is 0 Å². The Bertz CT molecular complexity index is 1280. The zero-order valence-corrected chi connectivity index (χ0v) is 19.7. The van der Waals surface area contributed by atoms with Gasteiger partial charge in [0.1, 0.15) is 5.82 Å². The summed E-state index contributed by atoms with van der Waals surface area (Å²) in [6, 6.07) is 23.6. The number of carbonyl (C=O) groups excluding carboxylic acids is 1. The zero-order valence-electron chi connectivity index (χ0n) is 19.7. The molecule has 5 rings (SSSR count). The van der Waals surface area contributed by atoms with Crippen molar-refractivity contribution in [2.24, 2.45) is 0 Å². The second-order valence-corrected chi connectivity index (χ2v) is 9.47. The highest BCUT2D eigenvalue weighted by Gasteiger charge is 2.26. The number of aryl methyl sites for hydroxylation is 1. The molecule has 3 nitrogen and oxygen atoms in total. The molecule has 1 aromatic heterocycles. The van der Waals surface area contributed by atoms with Gasteiger partial charge in [-0.05, 0) is 61.1 Å². The van der Waals surface area contributed by atoms with Gasteiger partial charge in [-0.2, -0.15) is 0 Å². The van der Waals surface area contributed by atoms with Crippen molar-refractivity contribution in [1.29, 1.82) is 0 Å². The van der Waals surface area contributed by atoms with Crippen molar-refractivity contribution in [2.75, 3.05) is 13.1 Å². The van der Waals surface area contributed by atoms with E-state index in [4.69, 9.17) is 0 Å². The maximum absolute atomic E-state index is 13.4.